The molecule has 7 nitrogen and oxygen atoms in total. The summed E-state index contributed by atoms with van der Waals surface area (Å²) in [7, 11) is 6.31. The molecule has 1 unspecified atom stereocenters. The lowest BCUT2D eigenvalue weighted by Gasteiger charge is -2.42. The van der Waals surface area contributed by atoms with Gasteiger partial charge in [-0.3, -0.25) is 4.79 Å². The number of fused-ring (bicyclic) bond motifs is 1. The molecule has 1 amide bonds. The Morgan fingerprint density at radius 2 is 1.82 bits per heavy atom. The molecule has 194 valence electrons. The molecule has 7 heteroatoms. The maximum absolute atomic E-state index is 12.9. The minimum atomic E-state index is 0.103. The second-order valence-corrected chi connectivity index (χ2v) is 11.3. The molecule has 0 radical (unpaired) electrons. The maximum atomic E-state index is 12.9. The van der Waals surface area contributed by atoms with Crippen molar-refractivity contribution in [3.05, 3.63) is 77.1 Å². The Morgan fingerprint density at radius 3 is 2.61 bits per heavy atom. The fourth-order valence-corrected chi connectivity index (χ4v) is 6.31. The largest absolute Gasteiger partial charge is 0.376 e. The first-order chi connectivity index (χ1) is 18.4. The van der Waals surface area contributed by atoms with Gasteiger partial charge in [0.1, 0.15) is 5.65 Å². The fraction of sp³-hybridized carbons (Fsp3) is 0.355. The number of ether oxygens (including phenoxy) is 1. The summed E-state index contributed by atoms with van der Waals surface area (Å²) in [6.45, 7) is 5.09. The zero-order valence-electron chi connectivity index (χ0n) is 22.2. The number of pyridine rings is 1. The molecule has 1 fully saturated rings. The molecule has 0 saturated carbocycles. The van der Waals surface area contributed by atoms with Gasteiger partial charge in [0.05, 0.1) is 13.2 Å². The summed E-state index contributed by atoms with van der Waals surface area (Å²) in [5.74, 6) is 0.564. The van der Waals surface area contributed by atoms with Crippen LogP contribution in [0.1, 0.15) is 33.0 Å². The smallest absolute Gasteiger partial charge is 0.253 e. The van der Waals surface area contributed by atoms with E-state index in [1.54, 1.807) is 0 Å². The molecule has 1 atom stereocenters. The molecule has 5 heterocycles. The van der Waals surface area contributed by atoms with Crippen molar-refractivity contribution >= 4 is 16.9 Å². The number of rotatable bonds is 4. The first-order valence-corrected chi connectivity index (χ1v) is 13.4. The first kappa shape index (κ1) is 23.6. The summed E-state index contributed by atoms with van der Waals surface area (Å²) in [4.78, 5) is 27.5. The van der Waals surface area contributed by atoms with Crippen LogP contribution in [0, 0.1) is 0 Å². The molecule has 4 aromatic rings. The zero-order valence-corrected chi connectivity index (χ0v) is 22.2. The van der Waals surface area contributed by atoms with Gasteiger partial charge in [-0.25, -0.2) is 4.98 Å². The molecule has 7 rings (SSSR count). The van der Waals surface area contributed by atoms with Gasteiger partial charge in [0.2, 0.25) is 0 Å². The second-order valence-electron chi connectivity index (χ2n) is 11.3. The molecular formula is C31H33N5O2. The summed E-state index contributed by atoms with van der Waals surface area (Å²) in [5.41, 5.74) is 10.3. The third-order valence-corrected chi connectivity index (χ3v) is 8.50. The van der Waals surface area contributed by atoms with Crippen LogP contribution in [0.15, 0.2) is 54.9 Å². The Kier molecular flexibility index (Phi) is 5.62. The van der Waals surface area contributed by atoms with Crippen LogP contribution in [-0.2, 0) is 17.9 Å². The van der Waals surface area contributed by atoms with Crippen molar-refractivity contribution in [3.8, 4) is 22.3 Å². The van der Waals surface area contributed by atoms with Gasteiger partial charge in [0.15, 0.2) is 0 Å². The average Bonchev–Trinajstić information content (AvgIpc) is 3.31. The van der Waals surface area contributed by atoms with Crippen molar-refractivity contribution in [2.24, 2.45) is 0 Å². The third kappa shape index (κ3) is 3.93. The topological polar surface area (TPSA) is 64.7 Å². The molecular weight excluding hydrogens is 474 g/mol. The van der Waals surface area contributed by atoms with E-state index < -0.39 is 0 Å². The highest BCUT2D eigenvalue weighted by atomic mass is 16.5. The number of aromatic amines is 1. The number of hydrogen-bond acceptors (Lipinski definition) is 5. The van der Waals surface area contributed by atoms with Gasteiger partial charge in [-0.1, -0.05) is 12.1 Å². The number of likely N-dealkylation sites (tertiary alicyclic amines) is 1. The van der Waals surface area contributed by atoms with Crippen molar-refractivity contribution in [1.29, 1.82) is 0 Å². The Labute approximate surface area is 223 Å². The number of amides is 1. The Bertz CT molecular complexity index is 1530. The first-order valence-electron chi connectivity index (χ1n) is 13.4. The molecule has 38 heavy (non-hydrogen) atoms. The SMILES string of the molecule is CN1Cc2cc(-c3cnc4[nH]cc(-c5ccc(C(=O)N6CC(N(C)C)C6)cc5)c4c3)cc3c2C(COC3)C1. The van der Waals surface area contributed by atoms with E-state index in [1.165, 1.54) is 22.3 Å². The minimum absolute atomic E-state index is 0.103. The van der Waals surface area contributed by atoms with Crippen LogP contribution in [0.5, 0.6) is 0 Å². The molecule has 3 aliphatic heterocycles. The average molecular weight is 508 g/mol. The van der Waals surface area contributed by atoms with Crippen molar-refractivity contribution in [3.63, 3.8) is 0 Å². The number of nitrogens with zero attached hydrogens (tertiary/aromatic N) is 4. The molecule has 2 aromatic heterocycles. The van der Waals surface area contributed by atoms with Gasteiger partial charge in [-0.2, -0.15) is 0 Å². The quantitative estimate of drug-likeness (QED) is 0.445. The number of hydrogen-bond donors (Lipinski definition) is 1. The van der Waals surface area contributed by atoms with Crippen molar-refractivity contribution < 1.29 is 9.53 Å². The van der Waals surface area contributed by atoms with Gasteiger partial charge >= 0.3 is 0 Å². The minimum Gasteiger partial charge on any atom is -0.376 e. The molecule has 0 spiro atoms. The highest BCUT2D eigenvalue weighted by Gasteiger charge is 2.32. The van der Waals surface area contributed by atoms with Crippen LogP contribution < -0.4 is 0 Å². The molecule has 1 N–H and O–H groups in total. The lowest BCUT2D eigenvalue weighted by Crippen LogP contribution is -2.59. The van der Waals surface area contributed by atoms with Crippen molar-refractivity contribution in [2.45, 2.75) is 25.1 Å². The van der Waals surface area contributed by atoms with Crippen LogP contribution in [-0.4, -0.2) is 84.0 Å². The van der Waals surface area contributed by atoms with Crippen LogP contribution >= 0.6 is 0 Å². The van der Waals surface area contributed by atoms with E-state index >= 15 is 0 Å². The van der Waals surface area contributed by atoms with E-state index in [0.717, 1.165) is 66.1 Å². The van der Waals surface area contributed by atoms with E-state index in [9.17, 15) is 4.79 Å². The number of benzene rings is 2. The number of likely N-dealkylation sites (N-methyl/N-ethyl adjacent to an activating group) is 2. The number of carbonyl (C=O) groups is 1. The number of aromatic nitrogens is 2. The van der Waals surface area contributed by atoms with Crippen molar-refractivity contribution in [1.82, 2.24) is 24.7 Å². The Morgan fingerprint density at radius 1 is 1.03 bits per heavy atom. The van der Waals surface area contributed by atoms with E-state index in [4.69, 9.17) is 9.72 Å². The molecule has 1 saturated heterocycles. The number of H-pyrrole nitrogens is 1. The number of carbonyl (C=O) groups excluding carboxylic acids is 1. The zero-order chi connectivity index (χ0) is 26.0. The molecule has 2 aromatic carbocycles. The highest BCUT2D eigenvalue weighted by molar-refractivity contribution is 5.98. The van der Waals surface area contributed by atoms with Gasteiger partial charge in [-0.15, -0.1) is 0 Å². The van der Waals surface area contributed by atoms with Gasteiger partial charge in [0, 0.05) is 72.6 Å². The fourth-order valence-electron chi connectivity index (χ4n) is 6.31. The Balaban J connectivity index is 1.19. The van der Waals surface area contributed by atoms with Crippen molar-refractivity contribution in [2.75, 3.05) is 47.4 Å². The summed E-state index contributed by atoms with van der Waals surface area (Å²) in [6, 6.07) is 15.3. The van der Waals surface area contributed by atoms with Gasteiger partial charge in [-0.05, 0) is 79.3 Å². The monoisotopic (exact) mass is 507 g/mol. The molecule has 3 aliphatic rings. The van der Waals surface area contributed by atoms with Gasteiger partial charge < -0.3 is 24.4 Å². The third-order valence-electron chi connectivity index (χ3n) is 8.50. The van der Waals surface area contributed by atoms with E-state index in [2.05, 4.69) is 54.1 Å². The van der Waals surface area contributed by atoms with Crippen LogP contribution in [0.4, 0.5) is 0 Å². The summed E-state index contributed by atoms with van der Waals surface area (Å²) < 4.78 is 5.95. The summed E-state index contributed by atoms with van der Waals surface area (Å²) in [5, 5.41) is 1.08. The van der Waals surface area contributed by atoms with E-state index in [1.807, 2.05) is 41.6 Å². The number of nitrogens with one attached hydrogen (secondary N) is 1. The van der Waals surface area contributed by atoms with E-state index in [-0.39, 0.29) is 5.91 Å². The van der Waals surface area contributed by atoms with E-state index in [0.29, 0.717) is 18.6 Å². The van der Waals surface area contributed by atoms with Gasteiger partial charge in [0.25, 0.3) is 5.91 Å². The second kappa shape index (κ2) is 9.05. The lowest BCUT2D eigenvalue weighted by atomic mass is 9.83. The summed E-state index contributed by atoms with van der Waals surface area (Å²) >= 11 is 0. The summed E-state index contributed by atoms with van der Waals surface area (Å²) in [6.07, 6.45) is 3.97. The van der Waals surface area contributed by atoms with Crippen LogP contribution in [0.3, 0.4) is 0 Å². The van der Waals surface area contributed by atoms with Crippen LogP contribution in [0.25, 0.3) is 33.3 Å². The molecule has 0 aliphatic carbocycles. The predicted molar refractivity (Wildman–Crippen MR) is 149 cm³/mol. The molecule has 0 bridgehead atoms. The lowest BCUT2D eigenvalue weighted by molar-refractivity contribution is 0.0399. The standard InChI is InChI=1S/C31H33N5O2/c1-34(2)26-15-36(16-26)31(37)20-6-4-19(5-7-20)28-12-33-30-27(28)10-22(11-32-30)21-8-23-13-35(3)14-25-18-38-17-24(9-21)29(23)25/h4-12,25-26H,13-18H2,1-3H3,(H,32,33). The highest BCUT2D eigenvalue weighted by Crippen LogP contribution is 2.39. The van der Waals surface area contributed by atoms with Crippen LogP contribution in [0.2, 0.25) is 0 Å². The Hall–Kier alpha value is -3.52. The normalized spacial score (nSPS) is 19.6. The maximum Gasteiger partial charge on any atom is 0.253 e. The predicted octanol–water partition coefficient (Wildman–Crippen LogP) is 4.34.